The molecule has 1 fully saturated rings. The van der Waals surface area contributed by atoms with Gasteiger partial charge in [0, 0.05) is 34.5 Å². The molecule has 0 radical (unpaired) electrons. The van der Waals surface area contributed by atoms with Crippen molar-refractivity contribution in [3.8, 4) is 0 Å². The maximum atomic E-state index is 11.5. The summed E-state index contributed by atoms with van der Waals surface area (Å²) in [7, 11) is 0. The summed E-state index contributed by atoms with van der Waals surface area (Å²) < 4.78 is 4.13. The molecule has 0 aromatic carbocycles. The fourth-order valence-electron chi connectivity index (χ4n) is 6.13. The molecule has 0 amide bonds. The van der Waals surface area contributed by atoms with Crippen LogP contribution in [0.3, 0.4) is 0 Å². The molecule has 6 heterocycles. The molecule has 2 atom stereocenters. The number of hydrogen-bond acceptors (Lipinski definition) is 8. The normalized spacial score (nSPS) is 22.7. The predicted octanol–water partition coefficient (Wildman–Crippen LogP) is 3.20. The number of anilines is 1. The summed E-state index contributed by atoms with van der Waals surface area (Å²) in [6, 6.07) is 1.84. The molecule has 1 spiro atoms. The highest BCUT2D eigenvalue weighted by Crippen LogP contribution is 2.53. The molecule has 11 heteroatoms. The first-order valence-electron chi connectivity index (χ1n) is 11.9. The van der Waals surface area contributed by atoms with E-state index in [1.807, 2.05) is 22.9 Å². The van der Waals surface area contributed by atoms with Gasteiger partial charge < -0.3 is 16.2 Å². The zero-order chi connectivity index (χ0) is 23.7. The van der Waals surface area contributed by atoms with Crippen LogP contribution in [0.25, 0.3) is 5.52 Å². The molecule has 0 bridgehead atoms. The van der Waals surface area contributed by atoms with Crippen LogP contribution in [0, 0.1) is 5.41 Å². The highest BCUT2D eigenvalue weighted by atomic mass is 35.5. The minimum atomic E-state index is -0.489. The van der Waals surface area contributed by atoms with Gasteiger partial charge in [-0.05, 0) is 44.8 Å². The zero-order valence-corrected chi connectivity index (χ0v) is 20.6. The van der Waals surface area contributed by atoms with Gasteiger partial charge in [-0.15, -0.1) is 0 Å². The number of aryl methyl sites for hydroxylation is 1. The summed E-state index contributed by atoms with van der Waals surface area (Å²) in [5.41, 5.74) is 11.0. The SMILES string of the molecule is Nc1nccc(Sc2cnc(C3CCc4nn5c(c43)C(O)C3(CCNCC3)C5)c3cncn23)c1Cl. The van der Waals surface area contributed by atoms with Crippen molar-refractivity contribution in [1.29, 1.82) is 0 Å². The highest BCUT2D eigenvalue weighted by molar-refractivity contribution is 7.99. The number of nitrogens with two attached hydrogens (primary N) is 1. The van der Waals surface area contributed by atoms with Gasteiger partial charge in [-0.1, -0.05) is 23.4 Å². The molecule has 4 N–H and O–H groups in total. The number of aliphatic hydroxyl groups is 1. The standard InChI is InChI=1S/C24H25ClN8OS/c25-19-16(3-6-29-23(19)26)35-17-10-30-20(15-9-28-12-32(15)17)13-1-2-14-18(13)21-22(34)24(11-33(21)31-14)4-7-27-8-5-24/h3,6,9-10,12-13,22,27,34H,1-2,4-5,7-8,11H2,(H2,26,29). The maximum Gasteiger partial charge on any atom is 0.143 e. The molecule has 9 nitrogen and oxygen atoms in total. The number of hydrogen-bond donors (Lipinski definition) is 3. The number of nitrogens with one attached hydrogen (secondary N) is 1. The number of fused-ring (bicyclic) bond motifs is 4. The molecule has 35 heavy (non-hydrogen) atoms. The minimum absolute atomic E-state index is 0.0821. The molecule has 180 valence electrons. The molecule has 2 aliphatic heterocycles. The third-order valence-electron chi connectivity index (χ3n) is 7.91. The number of nitrogen functional groups attached to an aromatic ring is 1. The zero-order valence-electron chi connectivity index (χ0n) is 19.0. The lowest BCUT2D eigenvalue weighted by Crippen LogP contribution is -2.40. The second kappa shape index (κ2) is 7.92. The van der Waals surface area contributed by atoms with Crippen LogP contribution >= 0.6 is 23.4 Å². The Morgan fingerprint density at radius 1 is 1.23 bits per heavy atom. The van der Waals surface area contributed by atoms with Crippen molar-refractivity contribution in [2.75, 3.05) is 18.8 Å². The smallest absolute Gasteiger partial charge is 0.143 e. The molecule has 1 saturated heterocycles. The van der Waals surface area contributed by atoms with Crippen LogP contribution < -0.4 is 11.1 Å². The molecule has 2 unspecified atom stereocenters. The first-order valence-corrected chi connectivity index (χ1v) is 13.1. The van der Waals surface area contributed by atoms with E-state index < -0.39 is 6.10 Å². The highest BCUT2D eigenvalue weighted by Gasteiger charge is 2.50. The van der Waals surface area contributed by atoms with Crippen molar-refractivity contribution in [2.24, 2.45) is 5.41 Å². The number of pyridine rings is 1. The second-order valence-corrected chi connectivity index (χ2v) is 11.2. The summed E-state index contributed by atoms with van der Waals surface area (Å²) in [4.78, 5) is 14.2. The Morgan fingerprint density at radius 2 is 2.09 bits per heavy atom. The summed E-state index contributed by atoms with van der Waals surface area (Å²) in [6.07, 6.45) is 10.5. The van der Waals surface area contributed by atoms with Gasteiger partial charge in [0.1, 0.15) is 23.3 Å². The molecule has 4 aromatic rings. The van der Waals surface area contributed by atoms with Gasteiger partial charge in [0.15, 0.2) is 0 Å². The van der Waals surface area contributed by atoms with Crippen LogP contribution in [-0.2, 0) is 13.0 Å². The number of rotatable bonds is 3. The number of piperidine rings is 1. The molecule has 0 saturated carbocycles. The maximum absolute atomic E-state index is 11.5. The Bertz CT molecular complexity index is 1460. The van der Waals surface area contributed by atoms with E-state index >= 15 is 0 Å². The van der Waals surface area contributed by atoms with E-state index in [-0.39, 0.29) is 11.3 Å². The van der Waals surface area contributed by atoms with Crippen LogP contribution in [0.1, 0.15) is 53.9 Å². The van der Waals surface area contributed by atoms with Gasteiger partial charge >= 0.3 is 0 Å². The topological polar surface area (TPSA) is 119 Å². The quantitative estimate of drug-likeness (QED) is 0.386. The third-order valence-corrected chi connectivity index (χ3v) is 9.49. The average molecular weight is 509 g/mol. The Balaban J connectivity index is 1.28. The van der Waals surface area contributed by atoms with E-state index in [1.165, 1.54) is 17.3 Å². The van der Waals surface area contributed by atoms with Gasteiger partial charge in [0.25, 0.3) is 0 Å². The van der Waals surface area contributed by atoms with Crippen molar-refractivity contribution in [2.45, 2.75) is 54.2 Å². The van der Waals surface area contributed by atoms with E-state index in [0.29, 0.717) is 10.8 Å². The van der Waals surface area contributed by atoms with Crippen molar-refractivity contribution < 1.29 is 5.11 Å². The summed E-state index contributed by atoms with van der Waals surface area (Å²) in [5.74, 6) is 0.389. The first kappa shape index (κ1) is 21.6. The Morgan fingerprint density at radius 3 is 2.94 bits per heavy atom. The molecular formula is C24H25ClN8OS. The predicted molar refractivity (Wildman–Crippen MR) is 133 cm³/mol. The number of imidazole rings is 1. The molecule has 3 aliphatic rings. The fourth-order valence-corrected chi connectivity index (χ4v) is 7.26. The van der Waals surface area contributed by atoms with E-state index in [4.69, 9.17) is 27.4 Å². The van der Waals surface area contributed by atoms with E-state index in [9.17, 15) is 5.11 Å². The van der Waals surface area contributed by atoms with E-state index in [2.05, 4.69) is 20.0 Å². The lowest BCUT2D eigenvalue weighted by molar-refractivity contribution is 0.0113. The van der Waals surface area contributed by atoms with Crippen LogP contribution in [0.4, 0.5) is 5.82 Å². The van der Waals surface area contributed by atoms with Crippen molar-refractivity contribution in [3.05, 3.63) is 58.7 Å². The number of aromatic nitrogens is 6. The number of aliphatic hydroxyl groups excluding tert-OH is 1. The molecule has 4 aromatic heterocycles. The third kappa shape index (κ3) is 3.16. The van der Waals surface area contributed by atoms with Crippen LogP contribution in [0.2, 0.25) is 5.02 Å². The molecule has 1 aliphatic carbocycles. The Kier molecular flexibility index (Phi) is 4.89. The van der Waals surface area contributed by atoms with Crippen molar-refractivity contribution in [1.82, 2.24) is 34.4 Å². The van der Waals surface area contributed by atoms with Gasteiger partial charge in [-0.3, -0.25) is 14.1 Å². The summed E-state index contributed by atoms with van der Waals surface area (Å²) >= 11 is 7.87. The van der Waals surface area contributed by atoms with Crippen LogP contribution in [-0.4, -0.2) is 47.3 Å². The average Bonchev–Trinajstić information content (AvgIpc) is 3.62. The van der Waals surface area contributed by atoms with Gasteiger partial charge in [0.2, 0.25) is 0 Å². The largest absolute Gasteiger partial charge is 0.386 e. The van der Waals surface area contributed by atoms with Gasteiger partial charge in [-0.2, -0.15) is 5.10 Å². The summed E-state index contributed by atoms with van der Waals surface area (Å²) in [5, 5.41) is 21.3. The Labute approximate surface area is 211 Å². The van der Waals surface area contributed by atoms with Gasteiger partial charge in [-0.25, -0.2) is 9.97 Å². The van der Waals surface area contributed by atoms with E-state index in [1.54, 1.807) is 12.5 Å². The number of halogens is 1. The van der Waals surface area contributed by atoms with Crippen LogP contribution in [0.5, 0.6) is 0 Å². The molecule has 7 rings (SSSR count). The minimum Gasteiger partial charge on any atom is -0.386 e. The Hall–Kier alpha value is -2.66. The molecular weight excluding hydrogens is 484 g/mol. The lowest BCUT2D eigenvalue weighted by Gasteiger charge is -2.36. The first-order chi connectivity index (χ1) is 17.1. The fraction of sp³-hybridized carbons (Fsp3) is 0.417. The van der Waals surface area contributed by atoms with Gasteiger partial charge in [0.05, 0.1) is 40.0 Å². The second-order valence-electron chi connectivity index (χ2n) is 9.75. The monoisotopic (exact) mass is 508 g/mol. The van der Waals surface area contributed by atoms with E-state index in [0.717, 1.165) is 77.8 Å². The lowest BCUT2D eigenvalue weighted by atomic mass is 9.74. The summed E-state index contributed by atoms with van der Waals surface area (Å²) in [6.45, 7) is 2.68. The van der Waals surface area contributed by atoms with Crippen LogP contribution in [0.15, 0.2) is 40.9 Å². The van der Waals surface area contributed by atoms with Crippen molar-refractivity contribution >= 4 is 34.7 Å². The van der Waals surface area contributed by atoms with Crippen molar-refractivity contribution in [3.63, 3.8) is 0 Å². The number of nitrogens with zero attached hydrogens (tertiary/aromatic N) is 6.